The first-order chi connectivity index (χ1) is 12.6. The summed E-state index contributed by atoms with van der Waals surface area (Å²) >= 11 is 0. The molecule has 0 radical (unpaired) electrons. The molecule has 1 aliphatic carbocycles. The van der Waals surface area contributed by atoms with E-state index in [9.17, 15) is 8.42 Å². The lowest BCUT2D eigenvalue weighted by Gasteiger charge is -2.35. The number of benzene rings is 2. The molecule has 0 saturated carbocycles. The van der Waals surface area contributed by atoms with Gasteiger partial charge < -0.3 is 0 Å². The fraction of sp³-hybridized carbons (Fsp3) is 0.429. The van der Waals surface area contributed by atoms with Gasteiger partial charge in [0.05, 0.1) is 4.90 Å². The van der Waals surface area contributed by atoms with Crippen molar-refractivity contribution in [1.29, 1.82) is 0 Å². The van der Waals surface area contributed by atoms with Gasteiger partial charge in [0.25, 0.3) is 0 Å². The summed E-state index contributed by atoms with van der Waals surface area (Å²) in [7, 11) is -3.38. The normalized spacial score (nSPS) is 19.5. The Balaban J connectivity index is 1.26. The number of unbranched alkanes of at least 4 members (excludes halogenated alkanes) is 1. The highest BCUT2D eigenvalue weighted by Crippen LogP contribution is 2.41. The van der Waals surface area contributed by atoms with Gasteiger partial charge in [0.2, 0.25) is 10.0 Å². The Labute approximate surface area is 156 Å². The fourth-order valence-corrected chi connectivity index (χ4v) is 5.44. The van der Waals surface area contributed by atoms with Crippen LogP contribution in [0.2, 0.25) is 0 Å². The molecule has 4 nitrogen and oxygen atoms in total. The lowest BCUT2D eigenvalue weighted by atomic mass is 9.93. The highest BCUT2D eigenvalue weighted by Gasteiger charge is 2.32. The molecular formula is C21H26N2O2S. The first kappa shape index (κ1) is 17.7. The van der Waals surface area contributed by atoms with Crippen LogP contribution in [0.1, 0.15) is 42.0 Å². The fourth-order valence-electron chi connectivity index (χ4n) is 4.35. The average molecular weight is 371 g/mol. The summed E-state index contributed by atoms with van der Waals surface area (Å²) in [5.74, 6) is 0. The summed E-state index contributed by atoms with van der Waals surface area (Å²) in [5.41, 5.74) is 4.66. The molecular weight excluding hydrogens is 344 g/mol. The molecule has 26 heavy (non-hydrogen) atoms. The summed E-state index contributed by atoms with van der Waals surface area (Å²) < 4.78 is 27.2. The van der Waals surface area contributed by atoms with Crippen LogP contribution in [0.4, 0.5) is 0 Å². The van der Waals surface area contributed by atoms with E-state index in [0.717, 1.165) is 32.4 Å². The van der Waals surface area contributed by atoms with Crippen LogP contribution in [0.15, 0.2) is 53.4 Å². The van der Waals surface area contributed by atoms with Gasteiger partial charge in [-0.15, -0.1) is 0 Å². The van der Waals surface area contributed by atoms with Gasteiger partial charge in [-0.1, -0.05) is 36.4 Å². The van der Waals surface area contributed by atoms with Crippen LogP contribution < -0.4 is 4.72 Å². The minimum Gasteiger partial charge on any atom is -0.296 e. The second-order valence-electron chi connectivity index (χ2n) is 7.25. The molecule has 0 aromatic heterocycles. The Morgan fingerprint density at radius 3 is 2.54 bits per heavy atom. The maximum absolute atomic E-state index is 12.2. The maximum atomic E-state index is 12.2. The predicted octanol–water partition coefficient (Wildman–Crippen LogP) is 3.29. The van der Waals surface area contributed by atoms with E-state index in [4.69, 9.17) is 0 Å². The molecule has 0 fully saturated rings. The van der Waals surface area contributed by atoms with Crippen molar-refractivity contribution in [3.63, 3.8) is 0 Å². The van der Waals surface area contributed by atoms with Crippen molar-refractivity contribution >= 4 is 10.0 Å². The largest absolute Gasteiger partial charge is 0.296 e. The van der Waals surface area contributed by atoms with Crippen molar-refractivity contribution in [2.75, 3.05) is 19.6 Å². The minimum atomic E-state index is -3.38. The third-order valence-electron chi connectivity index (χ3n) is 5.63. The highest BCUT2D eigenvalue weighted by molar-refractivity contribution is 7.89. The zero-order valence-electron chi connectivity index (χ0n) is 15.0. The van der Waals surface area contributed by atoms with E-state index in [1.165, 1.54) is 24.0 Å². The lowest BCUT2D eigenvalue weighted by Crippen LogP contribution is -2.35. The van der Waals surface area contributed by atoms with Crippen molar-refractivity contribution in [2.45, 2.75) is 43.0 Å². The van der Waals surface area contributed by atoms with Gasteiger partial charge >= 0.3 is 0 Å². The van der Waals surface area contributed by atoms with Crippen LogP contribution in [0.25, 0.3) is 0 Å². The van der Waals surface area contributed by atoms with Gasteiger partial charge in [-0.3, -0.25) is 4.90 Å². The van der Waals surface area contributed by atoms with E-state index in [1.807, 2.05) is 6.07 Å². The van der Waals surface area contributed by atoms with Gasteiger partial charge in [0, 0.05) is 19.1 Å². The molecule has 2 aromatic rings. The molecule has 0 saturated heterocycles. The summed E-state index contributed by atoms with van der Waals surface area (Å²) in [6.45, 7) is 2.67. The minimum absolute atomic E-state index is 0.339. The van der Waals surface area contributed by atoms with E-state index in [-0.39, 0.29) is 0 Å². The van der Waals surface area contributed by atoms with Crippen molar-refractivity contribution in [2.24, 2.45) is 0 Å². The van der Waals surface area contributed by atoms with Crippen LogP contribution in [0.5, 0.6) is 0 Å². The summed E-state index contributed by atoms with van der Waals surface area (Å²) in [4.78, 5) is 2.94. The van der Waals surface area contributed by atoms with Gasteiger partial charge in [0.1, 0.15) is 0 Å². The molecule has 1 aliphatic heterocycles. The molecule has 2 aliphatic rings. The quantitative estimate of drug-likeness (QED) is 0.761. The monoisotopic (exact) mass is 370 g/mol. The highest BCUT2D eigenvalue weighted by atomic mass is 32.2. The van der Waals surface area contributed by atoms with E-state index in [2.05, 4.69) is 27.8 Å². The summed E-state index contributed by atoms with van der Waals surface area (Å²) in [6.07, 6.45) is 5.45. The summed E-state index contributed by atoms with van der Waals surface area (Å²) in [5, 5.41) is 0. The Morgan fingerprint density at radius 2 is 1.73 bits per heavy atom. The molecule has 1 heterocycles. The third-order valence-corrected chi connectivity index (χ3v) is 7.11. The van der Waals surface area contributed by atoms with Gasteiger partial charge in [-0.2, -0.15) is 0 Å². The van der Waals surface area contributed by atoms with Crippen LogP contribution in [-0.2, 0) is 22.9 Å². The van der Waals surface area contributed by atoms with E-state index in [0.29, 0.717) is 17.5 Å². The Morgan fingerprint density at radius 1 is 0.962 bits per heavy atom. The van der Waals surface area contributed by atoms with E-state index < -0.39 is 10.0 Å². The molecule has 0 spiro atoms. The zero-order valence-corrected chi connectivity index (χ0v) is 15.8. The molecule has 138 valence electrons. The molecule has 1 N–H and O–H groups in total. The van der Waals surface area contributed by atoms with Crippen molar-refractivity contribution < 1.29 is 8.42 Å². The number of sulfonamides is 1. The second kappa shape index (κ2) is 7.51. The topological polar surface area (TPSA) is 49.4 Å². The number of aryl methyl sites for hydroxylation is 1. The van der Waals surface area contributed by atoms with Gasteiger partial charge in [-0.25, -0.2) is 13.1 Å². The van der Waals surface area contributed by atoms with Crippen LogP contribution >= 0.6 is 0 Å². The number of hydrogen-bond acceptors (Lipinski definition) is 3. The number of nitrogens with one attached hydrogen (secondary N) is 1. The van der Waals surface area contributed by atoms with Crippen molar-refractivity contribution in [1.82, 2.24) is 9.62 Å². The standard InChI is InChI=1S/C21H26N2O2S/c24-26(25,19-9-2-1-3-10-19)22-14-4-5-15-23-16-13-18-8-6-7-17-11-12-20(23)21(17)18/h1-3,6-10,20,22H,4-5,11-16H2. The van der Waals surface area contributed by atoms with Gasteiger partial charge in [0.15, 0.2) is 0 Å². The van der Waals surface area contributed by atoms with E-state index in [1.54, 1.807) is 29.8 Å². The third kappa shape index (κ3) is 3.56. The molecule has 0 bridgehead atoms. The molecule has 1 atom stereocenters. The van der Waals surface area contributed by atoms with Crippen LogP contribution in [0, 0.1) is 0 Å². The average Bonchev–Trinajstić information content (AvgIpc) is 3.10. The smallest absolute Gasteiger partial charge is 0.240 e. The van der Waals surface area contributed by atoms with Crippen molar-refractivity contribution in [3.8, 4) is 0 Å². The maximum Gasteiger partial charge on any atom is 0.240 e. The van der Waals surface area contributed by atoms with Crippen LogP contribution in [-0.4, -0.2) is 33.0 Å². The van der Waals surface area contributed by atoms with Gasteiger partial charge in [-0.05, 0) is 67.5 Å². The van der Waals surface area contributed by atoms with Crippen molar-refractivity contribution in [3.05, 3.63) is 65.2 Å². The molecule has 5 heteroatoms. The first-order valence-electron chi connectivity index (χ1n) is 9.54. The molecule has 1 unspecified atom stereocenters. The Hall–Kier alpha value is -1.69. The predicted molar refractivity (Wildman–Crippen MR) is 104 cm³/mol. The van der Waals surface area contributed by atoms with E-state index >= 15 is 0 Å². The lowest BCUT2D eigenvalue weighted by molar-refractivity contribution is 0.182. The summed E-state index contributed by atoms with van der Waals surface area (Å²) in [6, 6.07) is 15.9. The second-order valence-corrected chi connectivity index (χ2v) is 9.02. The molecule has 4 rings (SSSR count). The zero-order chi connectivity index (χ0) is 18.0. The Bertz CT molecular complexity index is 865. The Kier molecular flexibility index (Phi) is 5.11. The molecule has 0 amide bonds. The number of nitrogens with zero attached hydrogens (tertiary/aromatic N) is 1. The molecule has 2 aromatic carbocycles. The first-order valence-corrected chi connectivity index (χ1v) is 11.0. The number of hydrogen-bond donors (Lipinski definition) is 1. The number of rotatable bonds is 7. The van der Waals surface area contributed by atoms with Crippen LogP contribution in [0.3, 0.4) is 0 Å². The SMILES string of the molecule is O=S(=O)(NCCCCN1CCc2cccc3c2C1CC3)c1ccccc1.